The summed E-state index contributed by atoms with van der Waals surface area (Å²) in [5, 5.41) is 9.61. The third kappa shape index (κ3) is 2.60. The number of carbonyl (C=O) groups excluding carboxylic acids is 2. The Balaban J connectivity index is 1.81. The minimum Gasteiger partial charge on any atom is -0.391 e. The van der Waals surface area contributed by atoms with Gasteiger partial charge in [0.1, 0.15) is 6.04 Å². The fourth-order valence-electron chi connectivity index (χ4n) is 2.92. The van der Waals surface area contributed by atoms with Crippen molar-refractivity contribution < 1.29 is 19.4 Å². The Kier molecular flexibility index (Phi) is 3.88. The van der Waals surface area contributed by atoms with E-state index in [0.29, 0.717) is 18.7 Å². The fourth-order valence-corrected chi connectivity index (χ4v) is 2.92. The molecule has 0 radical (unpaired) electrons. The molecule has 0 aromatic heterocycles. The molecule has 1 aromatic carbocycles. The number of ether oxygens (including phenoxy) is 1. The first-order valence-corrected chi connectivity index (χ1v) is 7.50. The first kappa shape index (κ1) is 15.0. The number of aliphatic hydroxyl groups is 1. The Labute approximate surface area is 129 Å². The summed E-state index contributed by atoms with van der Waals surface area (Å²) in [7, 11) is 0. The van der Waals surface area contributed by atoms with E-state index in [1.807, 2.05) is 26.0 Å². The maximum atomic E-state index is 12.4. The second-order valence-corrected chi connectivity index (χ2v) is 6.04. The number of hydrogen-bond acceptors (Lipinski definition) is 4. The molecule has 6 nitrogen and oxygen atoms in total. The van der Waals surface area contributed by atoms with Crippen molar-refractivity contribution in [3.8, 4) is 0 Å². The number of nitrogens with zero attached hydrogens (tertiary/aromatic N) is 2. The molecule has 1 aromatic rings. The maximum Gasteiger partial charge on any atom is 0.332 e. The molecule has 1 N–H and O–H groups in total. The zero-order valence-corrected chi connectivity index (χ0v) is 12.7. The Hall–Kier alpha value is -1.92. The molecular formula is C16H20N2O4. The molecule has 2 heterocycles. The van der Waals surface area contributed by atoms with Gasteiger partial charge in [-0.25, -0.2) is 9.69 Å². The van der Waals surface area contributed by atoms with Gasteiger partial charge < -0.3 is 14.7 Å². The largest absolute Gasteiger partial charge is 0.391 e. The summed E-state index contributed by atoms with van der Waals surface area (Å²) in [6, 6.07) is 6.38. The van der Waals surface area contributed by atoms with Crippen LogP contribution in [0.4, 0.5) is 10.5 Å². The number of amides is 3. The van der Waals surface area contributed by atoms with E-state index in [1.54, 1.807) is 12.1 Å². The van der Waals surface area contributed by atoms with Crippen LogP contribution in [-0.4, -0.2) is 46.7 Å². The summed E-state index contributed by atoms with van der Waals surface area (Å²) in [4.78, 5) is 27.5. The van der Waals surface area contributed by atoms with Gasteiger partial charge in [0.15, 0.2) is 0 Å². The van der Waals surface area contributed by atoms with Gasteiger partial charge in [-0.05, 0) is 31.5 Å². The van der Waals surface area contributed by atoms with Gasteiger partial charge in [-0.1, -0.05) is 12.1 Å². The van der Waals surface area contributed by atoms with Crippen LogP contribution in [0.3, 0.4) is 0 Å². The fraction of sp³-hybridized carbons (Fsp3) is 0.500. The van der Waals surface area contributed by atoms with E-state index in [4.69, 9.17) is 4.74 Å². The van der Waals surface area contributed by atoms with Crippen LogP contribution in [0.2, 0.25) is 0 Å². The number of rotatable bonds is 4. The van der Waals surface area contributed by atoms with Crippen LogP contribution in [0, 0.1) is 0 Å². The van der Waals surface area contributed by atoms with Gasteiger partial charge in [-0.3, -0.25) is 4.79 Å². The van der Waals surface area contributed by atoms with E-state index in [-0.39, 0.29) is 24.6 Å². The zero-order valence-electron chi connectivity index (χ0n) is 12.7. The average Bonchev–Trinajstić information content (AvgIpc) is 2.96. The van der Waals surface area contributed by atoms with Crippen LogP contribution in [0.15, 0.2) is 24.3 Å². The Bertz CT molecular complexity index is 578. The second kappa shape index (κ2) is 5.70. The van der Waals surface area contributed by atoms with Crippen molar-refractivity contribution in [2.45, 2.75) is 45.1 Å². The number of anilines is 1. The molecule has 2 aliphatic heterocycles. The van der Waals surface area contributed by atoms with E-state index in [0.717, 1.165) is 5.56 Å². The van der Waals surface area contributed by atoms with Gasteiger partial charge in [0, 0.05) is 13.0 Å². The van der Waals surface area contributed by atoms with Crippen LogP contribution in [0.1, 0.15) is 25.8 Å². The van der Waals surface area contributed by atoms with Crippen molar-refractivity contribution in [2.24, 2.45) is 0 Å². The van der Waals surface area contributed by atoms with Gasteiger partial charge in [0.25, 0.3) is 5.91 Å². The van der Waals surface area contributed by atoms with Gasteiger partial charge >= 0.3 is 6.03 Å². The lowest BCUT2D eigenvalue weighted by atomic mass is 10.1. The molecule has 2 atom stereocenters. The average molecular weight is 304 g/mol. The number of hydrogen-bond donors (Lipinski definition) is 1. The SMILES string of the molecule is CC(C)OCc1cccc(N2C(=O)[C@@H]3C[C@@H](O)CN3C2=O)c1. The van der Waals surface area contributed by atoms with Crippen LogP contribution < -0.4 is 4.90 Å². The van der Waals surface area contributed by atoms with Crippen molar-refractivity contribution >= 4 is 17.6 Å². The van der Waals surface area contributed by atoms with E-state index in [9.17, 15) is 14.7 Å². The molecule has 3 amide bonds. The molecule has 22 heavy (non-hydrogen) atoms. The van der Waals surface area contributed by atoms with Crippen molar-refractivity contribution in [3.05, 3.63) is 29.8 Å². The summed E-state index contributed by atoms with van der Waals surface area (Å²) in [5.74, 6) is -0.261. The van der Waals surface area contributed by atoms with Crippen LogP contribution in [0.5, 0.6) is 0 Å². The summed E-state index contributed by atoms with van der Waals surface area (Å²) in [6.07, 6.45) is -0.173. The molecule has 2 saturated heterocycles. The van der Waals surface area contributed by atoms with Gasteiger partial charge in [0.2, 0.25) is 0 Å². The maximum absolute atomic E-state index is 12.4. The topological polar surface area (TPSA) is 70.1 Å². The Morgan fingerprint density at radius 1 is 1.36 bits per heavy atom. The molecule has 0 unspecified atom stereocenters. The first-order valence-electron chi connectivity index (χ1n) is 7.50. The molecule has 2 aliphatic rings. The molecule has 0 spiro atoms. The third-order valence-electron chi connectivity index (χ3n) is 3.97. The molecule has 118 valence electrons. The lowest BCUT2D eigenvalue weighted by molar-refractivity contribution is -0.119. The highest BCUT2D eigenvalue weighted by atomic mass is 16.5. The van der Waals surface area contributed by atoms with E-state index in [1.165, 1.54) is 9.80 Å². The highest BCUT2D eigenvalue weighted by Crippen LogP contribution is 2.31. The van der Waals surface area contributed by atoms with Crippen LogP contribution in [-0.2, 0) is 16.1 Å². The lowest BCUT2D eigenvalue weighted by Crippen LogP contribution is -2.35. The van der Waals surface area contributed by atoms with Crippen molar-refractivity contribution in [3.63, 3.8) is 0 Å². The highest BCUT2D eigenvalue weighted by molar-refractivity contribution is 6.21. The van der Waals surface area contributed by atoms with Gasteiger partial charge in [-0.2, -0.15) is 0 Å². The summed E-state index contributed by atoms with van der Waals surface area (Å²) in [5.41, 5.74) is 1.47. The number of urea groups is 1. The Morgan fingerprint density at radius 2 is 2.14 bits per heavy atom. The number of benzene rings is 1. The van der Waals surface area contributed by atoms with E-state index < -0.39 is 12.1 Å². The number of aliphatic hydroxyl groups excluding tert-OH is 1. The van der Waals surface area contributed by atoms with Crippen molar-refractivity contribution in [1.82, 2.24) is 4.90 Å². The van der Waals surface area contributed by atoms with Crippen LogP contribution >= 0.6 is 0 Å². The molecule has 3 rings (SSSR count). The van der Waals surface area contributed by atoms with Crippen molar-refractivity contribution in [1.29, 1.82) is 0 Å². The van der Waals surface area contributed by atoms with E-state index in [2.05, 4.69) is 0 Å². The van der Waals surface area contributed by atoms with E-state index >= 15 is 0 Å². The molecule has 0 aliphatic carbocycles. The summed E-state index contributed by atoms with van der Waals surface area (Å²) >= 11 is 0. The van der Waals surface area contributed by atoms with Gasteiger partial charge in [0.05, 0.1) is 24.5 Å². The van der Waals surface area contributed by atoms with Crippen molar-refractivity contribution in [2.75, 3.05) is 11.4 Å². The summed E-state index contributed by atoms with van der Waals surface area (Å²) in [6.45, 7) is 4.57. The minimum atomic E-state index is -0.606. The molecule has 2 fully saturated rings. The smallest absolute Gasteiger partial charge is 0.332 e. The van der Waals surface area contributed by atoms with Crippen LogP contribution in [0.25, 0.3) is 0 Å². The highest BCUT2D eigenvalue weighted by Gasteiger charge is 2.50. The first-order chi connectivity index (χ1) is 10.5. The quantitative estimate of drug-likeness (QED) is 0.856. The predicted molar refractivity (Wildman–Crippen MR) is 80.4 cm³/mol. The molecule has 0 saturated carbocycles. The normalized spacial score (nSPS) is 24.5. The standard InChI is InChI=1S/C16H20N2O4/c1-10(2)22-9-11-4-3-5-12(6-11)18-15(20)14-7-13(19)8-17(14)16(18)21/h3-6,10,13-14,19H,7-9H2,1-2H3/t13-,14+/m1/s1. The zero-order chi connectivity index (χ0) is 15.9. The predicted octanol–water partition coefficient (Wildman–Crippen LogP) is 1.51. The molecule has 0 bridgehead atoms. The number of imide groups is 1. The monoisotopic (exact) mass is 304 g/mol. The lowest BCUT2D eigenvalue weighted by Gasteiger charge is -2.17. The van der Waals surface area contributed by atoms with Gasteiger partial charge in [-0.15, -0.1) is 0 Å². The molecular weight excluding hydrogens is 284 g/mol. The second-order valence-electron chi connectivity index (χ2n) is 6.04. The molecule has 6 heteroatoms. The Morgan fingerprint density at radius 3 is 2.82 bits per heavy atom. The number of carbonyl (C=O) groups is 2. The number of fused-ring (bicyclic) bond motifs is 1. The third-order valence-corrected chi connectivity index (χ3v) is 3.97. The summed E-state index contributed by atoms with van der Waals surface area (Å²) < 4.78 is 5.56. The minimum absolute atomic E-state index is 0.116.